The van der Waals surface area contributed by atoms with Gasteiger partial charge in [-0.3, -0.25) is 0 Å². The standard InChI is InChI=1S/C21H31F2P/c1-7-9-14(5)20-19(13(3)4)16(10-8-2)17(15(6)12-24)11-18(22)21(20)23/h7-8,14-15,17-18H,1-3,9-12,24H2,4-6H3. The van der Waals surface area contributed by atoms with Crippen molar-refractivity contribution >= 4 is 9.24 Å². The van der Waals surface area contributed by atoms with Gasteiger partial charge in [0, 0.05) is 0 Å². The SMILES string of the molecule is C=CCC1=C(C(=C)C)C(C(C)CC=C)=C(F)C(F)CC1C(C)CP. The molecule has 0 aromatic carbocycles. The van der Waals surface area contributed by atoms with Gasteiger partial charge in [-0.1, -0.05) is 43.7 Å². The molecular weight excluding hydrogens is 321 g/mol. The van der Waals surface area contributed by atoms with Crippen molar-refractivity contribution in [1.82, 2.24) is 0 Å². The van der Waals surface area contributed by atoms with E-state index in [-0.39, 0.29) is 24.2 Å². The molecule has 0 aliphatic heterocycles. The Morgan fingerprint density at radius 3 is 2.42 bits per heavy atom. The Morgan fingerprint density at radius 2 is 1.96 bits per heavy atom. The van der Waals surface area contributed by atoms with Crippen molar-refractivity contribution in [3.8, 4) is 0 Å². The molecule has 0 amide bonds. The zero-order valence-corrected chi connectivity index (χ0v) is 16.4. The Kier molecular flexibility index (Phi) is 8.30. The summed E-state index contributed by atoms with van der Waals surface area (Å²) in [4.78, 5) is 0. The van der Waals surface area contributed by atoms with E-state index < -0.39 is 12.0 Å². The van der Waals surface area contributed by atoms with Gasteiger partial charge in [-0.15, -0.1) is 22.4 Å². The minimum absolute atomic E-state index is 0.0126. The highest BCUT2D eigenvalue weighted by molar-refractivity contribution is 7.16. The molecular formula is C21H31F2P. The molecule has 5 atom stereocenters. The maximum atomic E-state index is 15.0. The summed E-state index contributed by atoms with van der Waals surface area (Å²) in [6, 6.07) is 0. The van der Waals surface area contributed by atoms with Crippen LogP contribution in [0.15, 0.2) is 60.0 Å². The lowest BCUT2D eigenvalue weighted by molar-refractivity contribution is 0.256. The van der Waals surface area contributed by atoms with Crippen LogP contribution >= 0.6 is 9.24 Å². The number of rotatable bonds is 8. The highest BCUT2D eigenvalue weighted by Crippen LogP contribution is 2.45. The normalized spacial score (nSPS) is 24.4. The van der Waals surface area contributed by atoms with Crippen LogP contribution in [-0.4, -0.2) is 12.3 Å². The highest BCUT2D eigenvalue weighted by atomic mass is 31.0. The topological polar surface area (TPSA) is 0 Å². The average molecular weight is 352 g/mol. The van der Waals surface area contributed by atoms with Gasteiger partial charge in [0.1, 0.15) is 5.83 Å². The molecule has 24 heavy (non-hydrogen) atoms. The van der Waals surface area contributed by atoms with E-state index in [0.717, 1.165) is 22.9 Å². The number of hydrogen-bond donors (Lipinski definition) is 0. The quantitative estimate of drug-likeness (QED) is 0.335. The fourth-order valence-electron chi connectivity index (χ4n) is 3.62. The van der Waals surface area contributed by atoms with Gasteiger partial charge in [0.15, 0.2) is 6.17 Å². The summed E-state index contributed by atoms with van der Waals surface area (Å²) >= 11 is 0. The van der Waals surface area contributed by atoms with Crippen LogP contribution < -0.4 is 0 Å². The van der Waals surface area contributed by atoms with E-state index in [2.05, 4.69) is 35.9 Å². The molecule has 0 N–H and O–H groups in total. The van der Waals surface area contributed by atoms with E-state index in [1.54, 1.807) is 6.08 Å². The van der Waals surface area contributed by atoms with Crippen molar-refractivity contribution in [3.63, 3.8) is 0 Å². The van der Waals surface area contributed by atoms with Crippen LogP contribution in [-0.2, 0) is 0 Å². The molecule has 1 aliphatic carbocycles. The lowest BCUT2D eigenvalue weighted by Gasteiger charge is -2.28. The zero-order valence-electron chi connectivity index (χ0n) is 15.2. The maximum absolute atomic E-state index is 15.0. The summed E-state index contributed by atoms with van der Waals surface area (Å²) in [6.45, 7) is 17.6. The molecule has 0 aromatic heterocycles. The lowest BCUT2D eigenvalue weighted by Crippen LogP contribution is -2.20. The Labute approximate surface area is 148 Å². The second-order valence-electron chi connectivity index (χ2n) is 6.88. The van der Waals surface area contributed by atoms with E-state index in [1.165, 1.54) is 0 Å². The first-order valence-corrected chi connectivity index (χ1v) is 9.46. The van der Waals surface area contributed by atoms with Crippen molar-refractivity contribution in [1.29, 1.82) is 0 Å². The predicted molar refractivity (Wildman–Crippen MR) is 106 cm³/mol. The first-order chi connectivity index (χ1) is 11.3. The van der Waals surface area contributed by atoms with Crippen LogP contribution in [0.4, 0.5) is 8.78 Å². The molecule has 1 aliphatic rings. The number of allylic oxidation sites excluding steroid dienone is 7. The summed E-state index contributed by atoms with van der Waals surface area (Å²) in [5.74, 6) is -0.513. The largest absolute Gasteiger partial charge is 0.240 e. The number of halogens is 2. The molecule has 5 unspecified atom stereocenters. The molecule has 0 nitrogen and oxygen atoms in total. The Morgan fingerprint density at radius 1 is 1.33 bits per heavy atom. The molecule has 134 valence electrons. The van der Waals surface area contributed by atoms with Crippen molar-refractivity contribution in [2.24, 2.45) is 17.8 Å². The summed E-state index contributed by atoms with van der Waals surface area (Å²) in [6.07, 6.45) is 4.30. The van der Waals surface area contributed by atoms with E-state index in [0.29, 0.717) is 18.4 Å². The van der Waals surface area contributed by atoms with Gasteiger partial charge in [0.05, 0.1) is 0 Å². The minimum atomic E-state index is -1.56. The number of hydrogen-bond acceptors (Lipinski definition) is 0. The molecule has 0 bridgehead atoms. The molecule has 1 rings (SSSR count). The second kappa shape index (κ2) is 9.47. The van der Waals surface area contributed by atoms with Crippen LogP contribution in [0.3, 0.4) is 0 Å². The first-order valence-electron chi connectivity index (χ1n) is 8.64. The van der Waals surface area contributed by atoms with Gasteiger partial charge in [-0.2, -0.15) is 0 Å². The Bertz CT molecular complexity index is 556. The van der Waals surface area contributed by atoms with Crippen molar-refractivity contribution in [2.75, 3.05) is 6.16 Å². The lowest BCUT2D eigenvalue weighted by atomic mass is 9.78. The molecule has 0 saturated carbocycles. The highest BCUT2D eigenvalue weighted by Gasteiger charge is 2.35. The van der Waals surface area contributed by atoms with Crippen LogP contribution in [0.1, 0.15) is 40.0 Å². The van der Waals surface area contributed by atoms with Gasteiger partial charge in [-0.05, 0) is 61.2 Å². The van der Waals surface area contributed by atoms with Gasteiger partial charge >= 0.3 is 0 Å². The molecule has 0 radical (unpaired) electrons. The van der Waals surface area contributed by atoms with Crippen LogP contribution in [0.25, 0.3) is 0 Å². The van der Waals surface area contributed by atoms with Crippen LogP contribution in [0.2, 0.25) is 0 Å². The Balaban J connectivity index is 3.68. The van der Waals surface area contributed by atoms with Crippen molar-refractivity contribution < 1.29 is 8.78 Å². The molecule has 0 fully saturated rings. The van der Waals surface area contributed by atoms with Gasteiger partial charge in [0.2, 0.25) is 0 Å². The zero-order chi connectivity index (χ0) is 18.4. The fraction of sp³-hybridized carbons (Fsp3) is 0.524. The predicted octanol–water partition coefficient (Wildman–Crippen LogP) is 6.74. The van der Waals surface area contributed by atoms with E-state index in [9.17, 15) is 4.39 Å². The average Bonchev–Trinajstić information content (AvgIpc) is 2.64. The van der Waals surface area contributed by atoms with Crippen molar-refractivity contribution in [3.05, 3.63) is 60.0 Å². The van der Waals surface area contributed by atoms with E-state index in [1.807, 2.05) is 19.9 Å². The smallest absolute Gasteiger partial charge is 0.152 e. The molecule has 0 saturated heterocycles. The Hall–Kier alpha value is -1.01. The molecule has 0 spiro atoms. The van der Waals surface area contributed by atoms with Crippen molar-refractivity contribution in [2.45, 2.75) is 46.2 Å². The summed E-state index contributed by atoms with van der Waals surface area (Å²) in [7, 11) is 2.72. The maximum Gasteiger partial charge on any atom is 0.152 e. The van der Waals surface area contributed by atoms with Gasteiger partial charge in [0.25, 0.3) is 0 Å². The van der Waals surface area contributed by atoms with E-state index in [4.69, 9.17) is 0 Å². The third-order valence-corrected chi connectivity index (χ3v) is 5.64. The summed E-state index contributed by atoms with van der Waals surface area (Å²) < 4.78 is 29.7. The van der Waals surface area contributed by atoms with Crippen LogP contribution in [0, 0.1) is 17.8 Å². The fourth-order valence-corrected chi connectivity index (χ4v) is 3.95. The monoisotopic (exact) mass is 352 g/mol. The third-order valence-electron chi connectivity index (χ3n) is 4.89. The third kappa shape index (κ3) is 4.54. The summed E-state index contributed by atoms with van der Waals surface area (Å²) in [5, 5.41) is 0. The second-order valence-corrected chi connectivity index (χ2v) is 7.35. The first kappa shape index (κ1) is 21.0. The summed E-state index contributed by atoms with van der Waals surface area (Å²) in [5.41, 5.74) is 3.17. The van der Waals surface area contributed by atoms with Crippen LogP contribution in [0.5, 0.6) is 0 Å². The molecule has 0 aromatic rings. The minimum Gasteiger partial charge on any atom is -0.240 e. The molecule has 0 heterocycles. The van der Waals surface area contributed by atoms with Gasteiger partial charge in [-0.25, -0.2) is 8.78 Å². The number of alkyl halides is 1. The van der Waals surface area contributed by atoms with E-state index >= 15 is 4.39 Å². The van der Waals surface area contributed by atoms with Gasteiger partial charge < -0.3 is 0 Å². The molecule has 3 heteroatoms.